The fourth-order valence-corrected chi connectivity index (χ4v) is 2.74. The summed E-state index contributed by atoms with van der Waals surface area (Å²) < 4.78 is 4.94. The molecule has 5 nitrogen and oxygen atoms in total. The van der Waals surface area contributed by atoms with Gasteiger partial charge in [0.15, 0.2) is 0 Å². The number of nitrogens with one attached hydrogen (secondary N) is 2. The first-order chi connectivity index (χ1) is 12.5. The number of thiol groups is 1. The first-order valence-corrected chi connectivity index (χ1v) is 9.16. The zero-order valence-corrected chi connectivity index (χ0v) is 15.9. The van der Waals surface area contributed by atoms with E-state index in [2.05, 4.69) is 42.3 Å². The van der Waals surface area contributed by atoms with Gasteiger partial charge < -0.3 is 15.4 Å². The van der Waals surface area contributed by atoms with E-state index in [9.17, 15) is 9.59 Å². The van der Waals surface area contributed by atoms with Crippen LogP contribution in [-0.2, 0) is 11.2 Å². The molecule has 1 unspecified atom stereocenters. The fourth-order valence-electron chi connectivity index (χ4n) is 2.52. The molecule has 26 heavy (non-hydrogen) atoms. The van der Waals surface area contributed by atoms with Crippen LogP contribution in [0.1, 0.15) is 28.4 Å². The number of carbonyl (C=O) groups is 2. The van der Waals surface area contributed by atoms with Crippen LogP contribution >= 0.6 is 12.6 Å². The summed E-state index contributed by atoms with van der Waals surface area (Å²) in [4.78, 5) is 23.9. The minimum absolute atomic E-state index is 0.0850. The van der Waals surface area contributed by atoms with Gasteiger partial charge in [0.05, 0.1) is 12.2 Å². The highest BCUT2D eigenvalue weighted by Gasteiger charge is 2.13. The summed E-state index contributed by atoms with van der Waals surface area (Å²) in [5.41, 5.74) is 3.43. The van der Waals surface area contributed by atoms with Crippen molar-refractivity contribution in [1.29, 1.82) is 0 Å². The molecule has 2 aromatic rings. The third-order valence-electron chi connectivity index (χ3n) is 3.94. The third kappa shape index (κ3) is 5.81. The zero-order valence-electron chi connectivity index (χ0n) is 15.0. The van der Waals surface area contributed by atoms with E-state index in [4.69, 9.17) is 4.74 Å². The number of hydrogen-bond donors (Lipinski definition) is 3. The predicted octanol–water partition coefficient (Wildman–Crippen LogP) is 3.83. The van der Waals surface area contributed by atoms with Gasteiger partial charge in [-0.25, -0.2) is 9.59 Å². The van der Waals surface area contributed by atoms with Gasteiger partial charge in [0, 0.05) is 17.5 Å². The molecule has 2 rings (SSSR count). The van der Waals surface area contributed by atoms with Crippen LogP contribution in [0.5, 0.6) is 0 Å². The molecule has 0 aromatic heterocycles. The monoisotopic (exact) mass is 372 g/mol. The Morgan fingerprint density at radius 2 is 1.81 bits per heavy atom. The summed E-state index contributed by atoms with van der Waals surface area (Å²) >= 11 is 4.34. The molecule has 0 radical (unpaired) electrons. The Hall–Kier alpha value is -2.47. The molecule has 0 aliphatic heterocycles. The largest absolute Gasteiger partial charge is 0.462 e. The first kappa shape index (κ1) is 19.8. The summed E-state index contributed by atoms with van der Waals surface area (Å²) in [5, 5.41) is 5.70. The van der Waals surface area contributed by atoms with Crippen molar-refractivity contribution in [3.05, 3.63) is 65.2 Å². The Labute approximate surface area is 159 Å². The van der Waals surface area contributed by atoms with Crippen molar-refractivity contribution in [1.82, 2.24) is 5.32 Å². The number of carbonyl (C=O) groups excluding carboxylic acids is 2. The summed E-state index contributed by atoms with van der Waals surface area (Å²) in [6, 6.07) is 14.3. The first-order valence-electron chi connectivity index (χ1n) is 8.53. The number of esters is 1. The average Bonchev–Trinajstić information content (AvgIpc) is 2.63. The molecule has 0 saturated heterocycles. The standard InChI is InChI=1S/C20H24N2O3S/c1-3-25-19(23)15-8-10-17(11-9-15)21-20(24)22-18(13-26)12-16-7-5-4-6-14(16)2/h4-11,18,26H,3,12-13H2,1-2H3,(H2,21,22,24). The number of amides is 2. The number of hydrogen-bond acceptors (Lipinski definition) is 4. The van der Waals surface area contributed by atoms with Crippen molar-refractivity contribution in [3.63, 3.8) is 0 Å². The van der Waals surface area contributed by atoms with E-state index in [1.165, 1.54) is 11.1 Å². The van der Waals surface area contributed by atoms with Crippen molar-refractivity contribution >= 4 is 30.3 Å². The lowest BCUT2D eigenvalue weighted by molar-refractivity contribution is 0.0526. The van der Waals surface area contributed by atoms with Crippen LogP contribution in [0.3, 0.4) is 0 Å². The van der Waals surface area contributed by atoms with Gasteiger partial charge in [-0.05, 0) is 55.7 Å². The molecule has 1 atom stereocenters. The number of urea groups is 1. The highest BCUT2D eigenvalue weighted by Crippen LogP contribution is 2.12. The van der Waals surface area contributed by atoms with E-state index in [1.807, 2.05) is 12.1 Å². The number of aryl methyl sites for hydroxylation is 1. The van der Waals surface area contributed by atoms with Gasteiger partial charge in [0.25, 0.3) is 0 Å². The summed E-state index contributed by atoms with van der Waals surface area (Å²) in [5.74, 6) is 0.153. The van der Waals surface area contributed by atoms with Crippen molar-refractivity contribution < 1.29 is 14.3 Å². The molecule has 0 aliphatic carbocycles. The fraction of sp³-hybridized carbons (Fsp3) is 0.300. The molecule has 6 heteroatoms. The zero-order chi connectivity index (χ0) is 18.9. The van der Waals surface area contributed by atoms with Crippen molar-refractivity contribution in [3.8, 4) is 0 Å². The summed E-state index contributed by atoms with van der Waals surface area (Å²) in [6.45, 7) is 4.14. The SMILES string of the molecule is CCOC(=O)c1ccc(NC(=O)NC(CS)Cc2ccccc2C)cc1. The smallest absolute Gasteiger partial charge is 0.338 e. The predicted molar refractivity (Wildman–Crippen MR) is 107 cm³/mol. The molecule has 2 aromatic carbocycles. The molecule has 138 valence electrons. The van der Waals surface area contributed by atoms with Gasteiger partial charge >= 0.3 is 12.0 Å². The second kappa shape index (κ2) is 9.87. The van der Waals surface area contributed by atoms with Gasteiger partial charge in [0.2, 0.25) is 0 Å². The van der Waals surface area contributed by atoms with E-state index >= 15 is 0 Å². The summed E-state index contributed by atoms with van der Waals surface area (Å²) in [6.07, 6.45) is 0.714. The maximum Gasteiger partial charge on any atom is 0.338 e. The molecule has 0 bridgehead atoms. The van der Waals surface area contributed by atoms with Crippen molar-refractivity contribution in [2.45, 2.75) is 26.3 Å². The molecule has 0 spiro atoms. The highest BCUT2D eigenvalue weighted by molar-refractivity contribution is 7.80. The topological polar surface area (TPSA) is 67.4 Å². The van der Waals surface area contributed by atoms with Crippen molar-refractivity contribution in [2.75, 3.05) is 17.7 Å². The van der Waals surface area contributed by atoms with Crippen LogP contribution in [-0.4, -0.2) is 30.4 Å². The van der Waals surface area contributed by atoms with Gasteiger partial charge in [0.1, 0.15) is 0 Å². The normalized spacial score (nSPS) is 11.5. The highest BCUT2D eigenvalue weighted by atomic mass is 32.1. The summed E-state index contributed by atoms with van der Waals surface area (Å²) in [7, 11) is 0. The Morgan fingerprint density at radius 1 is 1.12 bits per heavy atom. The minimum Gasteiger partial charge on any atom is -0.462 e. The van der Waals surface area contributed by atoms with E-state index < -0.39 is 0 Å². The molecule has 2 N–H and O–H groups in total. The Balaban J connectivity index is 1.92. The quantitative estimate of drug-likeness (QED) is 0.511. The number of benzene rings is 2. The number of rotatable bonds is 7. The van der Waals surface area contributed by atoms with Crippen LogP contribution < -0.4 is 10.6 Å². The van der Waals surface area contributed by atoms with E-state index in [0.29, 0.717) is 30.0 Å². The molecular weight excluding hydrogens is 348 g/mol. The van der Waals surface area contributed by atoms with E-state index in [-0.39, 0.29) is 18.0 Å². The molecule has 0 heterocycles. The number of ether oxygens (including phenoxy) is 1. The van der Waals surface area contributed by atoms with Crippen LogP contribution in [0.25, 0.3) is 0 Å². The average molecular weight is 372 g/mol. The van der Waals surface area contributed by atoms with Gasteiger partial charge in [-0.15, -0.1) is 0 Å². The minimum atomic E-state index is -0.378. The van der Waals surface area contributed by atoms with Gasteiger partial charge in [-0.2, -0.15) is 12.6 Å². The molecular formula is C20H24N2O3S. The maximum atomic E-state index is 12.2. The second-order valence-corrected chi connectivity index (χ2v) is 6.27. The van der Waals surface area contributed by atoms with Crippen molar-refractivity contribution in [2.24, 2.45) is 0 Å². The lowest BCUT2D eigenvalue weighted by Gasteiger charge is -2.18. The Bertz CT molecular complexity index is 747. The van der Waals surface area contributed by atoms with Crippen LogP contribution in [0.4, 0.5) is 10.5 Å². The lowest BCUT2D eigenvalue weighted by atomic mass is 10.0. The Morgan fingerprint density at radius 3 is 2.42 bits per heavy atom. The third-order valence-corrected chi connectivity index (χ3v) is 4.38. The van der Waals surface area contributed by atoms with Gasteiger partial charge in [-0.3, -0.25) is 0 Å². The molecule has 0 saturated carbocycles. The second-order valence-electron chi connectivity index (χ2n) is 5.91. The van der Waals surface area contributed by atoms with E-state index in [1.54, 1.807) is 31.2 Å². The number of anilines is 1. The van der Waals surface area contributed by atoms with Crippen LogP contribution in [0.15, 0.2) is 48.5 Å². The van der Waals surface area contributed by atoms with Crippen LogP contribution in [0, 0.1) is 6.92 Å². The molecule has 0 aliphatic rings. The molecule has 0 fully saturated rings. The van der Waals surface area contributed by atoms with E-state index in [0.717, 1.165) is 0 Å². The molecule has 2 amide bonds. The van der Waals surface area contributed by atoms with Gasteiger partial charge in [-0.1, -0.05) is 24.3 Å². The maximum absolute atomic E-state index is 12.2. The Kier molecular flexibility index (Phi) is 7.53. The lowest BCUT2D eigenvalue weighted by Crippen LogP contribution is -2.40. The van der Waals surface area contributed by atoms with Crippen LogP contribution in [0.2, 0.25) is 0 Å².